The van der Waals surface area contributed by atoms with Crippen LogP contribution >= 0.6 is 0 Å². The van der Waals surface area contributed by atoms with Crippen molar-refractivity contribution in [3.8, 4) is 0 Å². The Labute approximate surface area is 135 Å². The fourth-order valence-corrected chi connectivity index (χ4v) is 3.14. The molecule has 0 bridgehead atoms. The number of piperidine rings is 1. The van der Waals surface area contributed by atoms with Gasteiger partial charge in [0.15, 0.2) is 11.6 Å². The van der Waals surface area contributed by atoms with Crippen LogP contribution in [0.15, 0.2) is 18.3 Å². The van der Waals surface area contributed by atoms with Crippen LogP contribution in [0.1, 0.15) is 30.4 Å². The molecule has 0 saturated carbocycles. The maximum Gasteiger partial charge on any atom is 0.165 e. The number of halogens is 1. The van der Waals surface area contributed by atoms with Gasteiger partial charge in [0.1, 0.15) is 11.6 Å². The highest BCUT2D eigenvalue weighted by atomic mass is 19.1. The molecular formula is C16H23FN6. The number of aromatic nitrogens is 4. The van der Waals surface area contributed by atoms with Gasteiger partial charge in [0, 0.05) is 32.3 Å². The second kappa shape index (κ2) is 6.62. The monoisotopic (exact) mass is 318 g/mol. The number of rotatable bonds is 4. The van der Waals surface area contributed by atoms with E-state index in [2.05, 4.69) is 24.6 Å². The Morgan fingerprint density at radius 1 is 1.35 bits per heavy atom. The van der Waals surface area contributed by atoms with Crippen molar-refractivity contribution in [2.45, 2.75) is 25.3 Å². The lowest BCUT2D eigenvalue weighted by Crippen LogP contribution is -2.36. The number of pyridine rings is 1. The van der Waals surface area contributed by atoms with Crippen LogP contribution in [-0.2, 0) is 13.6 Å². The molecule has 1 saturated heterocycles. The van der Waals surface area contributed by atoms with Crippen molar-refractivity contribution < 1.29 is 4.39 Å². The summed E-state index contributed by atoms with van der Waals surface area (Å²) in [4.78, 5) is 8.29. The molecule has 2 aromatic rings. The van der Waals surface area contributed by atoms with Gasteiger partial charge in [0.05, 0.1) is 6.54 Å². The lowest BCUT2D eigenvalue weighted by atomic mass is 9.97. The normalized spacial score (nSPS) is 18.7. The van der Waals surface area contributed by atoms with E-state index < -0.39 is 0 Å². The Balaban J connectivity index is 1.79. The lowest BCUT2D eigenvalue weighted by Gasteiger charge is -2.33. The van der Waals surface area contributed by atoms with Crippen molar-refractivity contribution in [1.82, 2.24) is 24.6 Å². The number of hydrogen-bond acceptors (Lipinski definition) is 5. The lowest BCUT2D eigenvalue weighted by molar-refractivity contribution is 0.382. The van der Waals surface area contributed by atoms with Crippen molar-refractivity contribution in [2.24, 2.45) is 7.05 Å². The van der Waals surface area contributed by atoms with E-state index in [1.54, 1.807) is 12.3 Å². The summed E-state index contributed by atoms with van der Waals surface area (Å²) >= 11 is 0. The molecule has 0 spiro atoms. The van der Waals surface area contributed by atoms with Crippen LogP contribution in [0.4, 0.5) is 10.2 Å². The Morgan fingerprint density at radius 2 is 2.17 bits per heavy atom. The summed E-state index contributed by atoms with van der Waals surface area (Å²) in [5, 5.41) is 8.70. The third kappa shape index (κ3) is 3.34. The summed E-state index contributed by atoms with van der Waals surface area (Å²) in [5.74, 6) is 2.35. The minimum Gasteiger partial charge on any atom is -0.353 e. The maximum absolute atomic E-state index is 14.0. The second-order valence-electron chi connectivity index (χ2n) is 6.37. The number of nitrogens with zero attached hydrogens (tertiary/aromatic N) is 6. The zero-order valence-electron chi connectivity index (χ0n) is 13.9. The van der Waals surface area contributed by atoms with Gasteiger partial charge in [-0.2, -0.15) is 0 Å². The predicted octanol–water partition coefficient (Wildman–Crippen LogP) is 1.79. The highest BCUT2D eigenvalue weighted by Gasteiger charge is 2.27. The third-order valence-electron chi connectivity index (χ3n) is 4.28. The molecular weight excluding hydrogens is 295 g/mol. The van der Waals surface area contributed by atoms with E-state index in [9.17, 15) is 4.39 Å². The van der Waals surface area contributed by atoms with Crippen molar-refractivity contribution >= 4 is 5.82 Å². The molecule has 0 aliphatic carbocycles. The van der Waals surface area contributed by atoms with Gasteiger partial charge in [-0.15, -0.1) is 10.2 Å². The highest BCUT2D eigenvalue weighted by Crippen LogP contribution is 2.29. The number of hydrogen-bond donors (Lipinski definition) is 0. The topological polar surface area (TPSA) is 50.1 Å². The average Bonchev–Trinajstić information content (AvgIpc) is 2.88. The zero-order valence-corrected chi connectivity index (χ0v) is 13.9. The Hall–Kier alpha value is -2.02. The Morgan fingerprint density at radius 3 is 2.91 bits per heavy atom. The van der Waals surface area contributed by atoms with Crippen molar-refractivity contribution in [3.05, 3.63) is 35.8 Å². The molecule has 1 atom stereocenters. The van der Waals surface area contributed by atoms with Gasteiger partial charge in [0.25, 0.3) is 0 Å². The van der Waals surface area contributed by atoms with E-state index in [0.717, 1.165) is 44.1 Å². The molecule has 0 N–H and O–H groups in total. The first-order valence-corrected chi connectivity index (χ1v) is 7.94. The zero-order chi connectivity index (χ0) is 16.4. The number of anilines is 1. The second-order valence-corrected chi connectivity index (χ2v) is 6.37. The molecule has 2 aromatic heterocycles. The van der Waals surface area contributed by atoms with Gasteiger partial charge in [0.2, 0.25) is 0 Å². The molecule has 0 amide bonds. The predicted molar refractivity (Wildman–Crippen MR) is 86.8 cm³/mol. The van der Waals surface area contributed by atoms with E-state index in [1.807, 2.05) is 26.0 Å². The van der Waals surface area contributed by atoms with Gasteiger partial charge < -0.3 is 14.4 Å². The smallest absolute Gasteiger partial charge is 0.165 e. The quantitative estimate of drug-likeness (QED) is 0.860. The largest absolute Gasteiger partial charge is 0.353 e. The SMILES string of the molecule is CN(C)Cc1nnc(C2CCCN(c3ncccc3F)C2)n1C. The minimum atomic E-state index is -0.264. The maximum atomic E-state index is 14.0. The first-order chi connectivity index (χ1) is 11.1. The molecule has 1 fully saturated rings. The summed E-state index contributed by atoms with van der Waals surface area (Å²) in [6.45, 7) is 2.31. The molecule has 6 nitrogen and oxygen atoms in total. The van der Waals surface area contributed by atoms with E-state index >= 15 is 0 Å². The van der Waals surface area contributed by atoms with E-state index in [1.165, 1.54) is 6.07 Å². The minimum absolute atomic E-state index is 0.249. The molecule has 124 valence electrons. The van der Waals surface area contributed by atoms with Gasteiger partial charge in [-0.1, -0.05) is 0 Å². The fraction of sp³-hybridized carbons (Fsp3) is 0.562. The summed E-state index contributed by atoms with van der Waals surface area (Å²) in [7, 11) is 6.04. The van der Waals surface area contributed by atoms with Crippen LogP contribution < -0.4 is 4.90 Å². The molecule has 0 radical (unpaired) electrons. The summed E-state index contributed by atoms with van der Waals surface area (Å²) < 4.78 is 16.1. The third-order valence-corrected chi connectivity index (χ3v) is 4.28. The van der Waals surface area contributed by atoms with E-state index in [4.69, 9.17) is 0 Å². The molecule has 3 rings (SSSR count). The van der Waals surface area contributed by atoms with E-state index in [0.29, 0.717) is 5.82 Å². The Kier molecular flexibility index (Phi) is 4.56. The molecule has 7 heteroatoms. The van der Waals surface area contributed by atoms with Gasteiger partial charge >= 0.3 is 0 Å². The van der Waals surface area contributed by atoms with Gasteiger partial charge in [-0.05, 0) is 39.1 Å². The van der Waals surface area contributed by atoms with Crippen LogP contribution in [0.3, 0.4) is 0 Å². The average molecular weight is 318 g/mol. The van der Waals surface area contributed by atoms with Crippen LogP contribution in [0.2, 0.25) is 0 Å². The first kappa shape index (κ1) is 15.9. The Bertz CT molecular complexity index is 668. The first-order valence-electron chi connectivity index (χ1n) is 7.94. The van der Waals surface area contributed by atoms with E-state index in [-0.39, 0.29) is 11.7 Å². The molecule has 3 heterocycles. The summed E-state index contributed by atoms with van der Waals surface area (Å²) in [6, 6.07) is 3.08. The molecule has 0 aromatic carbocycles. The van der Waals surface area contributed by atoms with Crippen molar-refractivity contribution in [3.63, 3.8) is 0 Å². The molecule has 1 aliphatic rings. The fourth-order valence-electron chi connectivity index (χ4n) is 3.14. The molecule has 23 heavy (non-hydrogen) atoms. The summed E-state index contributed by atoms with van der Waals surface area (Å²) in [6.07, 6.45) is 3.68. The molecule has 1 unspecified atom stereocenters. The van der Waals surface area contributed by atoms with Crippen LogP contribution in [0.5, 0.6) is 0 Å². The van der Waals surface area contributed by atoms with Crippen LogP contribution in [-0.4, -0.2) is 51.8 Å². The standard InChI is InChI=1S/C16H23FN6/c1-21(2)11-14-19-20-15(22(14)3)12-6-5-9-23(10-12)16-13(17)7-4-8-18-16/h4,7-8,12H,5-6,9-11H2,1-3H3. The van der Waals surface area contributed by atoms with Crippen molar-refractivity contribution in [2.75, 3.05) is 32.1 Å². The summed E-state index contributed by atoms with van der Waals surface area (Å²) in [5.41, 5.74) is 0. The van der Waals surface area contributed by atoms with Crippen LogP contribution in [0, 0.1) is 5.82 Å². The van der Waals surface area contributed by atoms with Crippen molar-refractivity contribution in [1.29, 1.82) is 0 Å². The highest BCUT2D eigenvalue weighted by molar-refractivity contribution is 5.40. The van der Waals surface area contributed by atoms with Gasteiger partial charge in [-0.25, -0.2) is 9.37 Å². The van der Waals surface area contributed by atoms with Crippen LogP contribution in [0.25, 0.3) is 0 Å². The van der Waals surface area contributed by atoms with Gasteiger partial charge in [-0.3, -0.25) is 0 Å². The molecule has 1 aliphatic heterocycles.